The van der Waals surface area contributed by atoms with E-state index in [9.17, 15) is 4.79 Å². The standard InChI is InChI=1S/C14H22N2O2/c1-14(2,3)18-13(17)16-10-7-12(8-11-16)6-4-5-9-15/h6H,4-5,7-8,10-11H2,1-3H3. The lowest BCUT2D eigenvalue weighted by Crippen LogP contribution is -2.40. The summed E-state index contributed by atoms with van der Waals surface area (Å²) in [4.78, 5) is 13.6. The number of piperidine rings is 1. The van der Waals surface area contributed by atoms with Crippen LogP contribution in [0.5, 0.6) is 0 Å². The van der Waals surface area contributed by atoms with Crippen molar-refractivity contribution in [2.24, 2.45) is 0 Å². The predicted octanol–water partition coefficient (Wildman–Crippen LogP) is 3.25. The van der Waals surface area contributed by atoms with Gasteiger partial charge in [-0.3, -0.25) is 0 Å². The summed E-state index contributed by atoms with van der Waals surface area (Å²) >= 11 is 0. The van der Waals surface area contributed by atoms with Gasteiger partial charge in [0.15, 0.2) is 0 Å². The third kappa shape index (κ3) is 5.22. The van der Waals surface area contributed by atoms with Gasteiger partial charge in [-0.25, -0.2) is 4.79 Å². The van der Waals surface area contributed by atoms with Crippen LogP contribution in [0, 0.1) is 11.3 Å². The topological polar surface area (TPSA) is 53.3 Å². The summed E-state index contributed by atoms with van der Waals surface area (Å²) < 4.78 is 5.34. The summed E-state index contributed by atoms with van der Waals surface area (Å²) in [5.41, 5.74) is 0.921. The molecule has 1 saturated heterocycles. The number of allylic oxidation sites excluding steroid dienone is 1. The average molecular weight is 250 g/mol. The number of ether oxygens (including phenoxy) is 1. The Morgan fingerprint density at radius 1 is 1.44 bits per heavy atom. The molecule has 100 valence electrons. The number of unbranched alkanes of at least 4 members (excludes halogenated alkanes) is 1. The van der Waals surface area contributed by atoms with Gasteiger partial charge in [-0.15, -0.1) is 0 Å². The van der Waals surface area contributed by atoms with Crippen LogP contribution in [0.2, 0.25) is 0 Å². The van der Waals surface area contributed by atoms with Gasteiger partial charge in [0.25, 0.3) is 0 Å². The van der Waals surface area contributed by atoms with Crippen LogP contribution in [0.15, 0.2) is 11.6 Å². The highest BCUT2D eigenvalue weighted by atomic mass is 16.6. The van der Waals surface area contributed by atoms with E-state index in [4.69, 9.17) is 10.00 Å². The summed E-state index contributed by atoms with van der Waals surface area (Å²) in [5.74, 6) is 0. The third-order valence-corrected chi connectivity index (χ3v) is 2.75. The summed E-state index contributed by atoms with van der Waals surface area (Å²) in [6, 6.07) is 2.13. The normalized spacial score (nSPS) is 16.1. The molecule has 0 N–H and O–H groups in total. The maximum Gasteiger partial charge on any atom is 0.410 e. The average Bonchev–Trinajstić information content (AvgIpc) is 2.28. The highest BCUT2D eigenvalue weighted by Crippen LogP contribution is 2.19. The molecule has 0 aromatic heterocycles. The van der Waals surface area contributed by atoms with Crippen molar-refractivity contribution in [1.29, 1.82) is 5.26 Å². The Hall–Kier alpha value is -1.50. The fourth-order valence-corrected chi connectivity index (χ4v) is 1.85. The molecule has 0 atom stereocenters. The van der Waals surface area contributed by atoms with Crippen LogP contribution in [0.25, 0.3) is 0 Å². The fraction of sp³-hybridized carbons (Fsp3) is 0.714. The van der Waals surface area contributed by atoms with Crippen molar-refractivity contribution in [3.05, 3.63) is 11.6 Å². The van der Waals surface area contributed by atoms with Gasteiger partial charge in [-0.1, -0.05) is 11.6 Å². The zero-order valence-corrected chi connectivity index (χ0v) is 11.5. The lowest BCUT2D eigenvalue weighted by Gasteiger charge is -2.31. The number of nitriles is 1. The Bertz CT molecular complexity index is 351. The van der Waals surface area contributed by atoms with Crippen LogP contribution >= 0.6 is 0 Å². The Labute approximate surface area is 109 Å². The predicted molar refractivity (Wildman–Crippen MR) is 70.0 cm³/mol. The lowest BCUT2D eigenvalue weighted by atomic mass is 10.0. The van der Waals surface area contributed by atoms with Gasteiger partial charge in [0.2, 0.25) is 0 Å². The second kappa shape index (κ2) is 6.44. The molecule has 4 nitrogen and oxygen atoms in total. The number of likely N-dealkylation sites (tertiary alicyclic amines) is 1. The summed E-state index contributed by atoms with van der Waals surface area (Å²) in [6.45, 7) is 7.06. The van der Waals surface area contributed by atoms with Crippen molar-refractivity contribution in [1.82, 2.24) is 4.90 Å². The SMILES string of the molecule is CC(C)(C)OC(=O)N1CCC(=CCCC#N)CC1. The van der Waals surface area contributed by atoms with Crippen molar-refractivity contribution in [2.75, 3.05) is 13.1 Å². The first-order valence-corrected chi connectivity index (χ1v) is 6.45. The van der Waals surface area contributed by atoms with Gasteiger partial charge in [0.1, 0.15) is 5.60 Å². The van der Waals surface area contributed by atoms with Gasteiger partial charge >= 0.3 is 6.09 Å². The van der Waals surface area contributed by atoms with E-state index in [1.807, 2.05) is 20.8 Å². The molecule has 0 radical (unpaired) electrons. The van der Waals surface area contributed by atoms with Crippen molar-refractivity contribution < 1.29 is 9.53 Å². The van der Waals surface area contributed by atoms with E-state index >= 15 is 0 Å². The number of hydrogen-bond donors (Lipinski definition) is 0. The first-order chi connectivity index (χ1) is 8.42. The van der Waals surface area contributed by atoms with E-state index in [2.05, 4.69) is 12.1 Å². The molecule has 0 aliphatic carbocycles. The Balaban J connectivity index is 2.37. The van der Waals surface area contributed by atoms with Crippen LogP contribution in [0.3, 0.4) is 0 Å². The van der Waals surface area contributed by atoms with Gasteiger partial charge < -0.3 is 9.64 Å². The van der Waals surface area contributed by atoms with Gasteiger partial charge in [-0.2, -0.15) is 5.26 Å². The van der Waals surface area contributed by atoms with E-state index in [1.54, 1.807) is 4.90 Å². The zero-order chi connectivity index (χ0) is 13.6. The molecule has 0 saturated carbocycles. The molecular formula is C14H22N2O2. The van der Waals surface area contributed by atoms with Crippen molar-refractivity contribution >= 4 is 6.09 Å². The van der Waals surface area contributed by atoms with Crippen molar-refractivity contribution in [3.8, 4) is 6.07 Å². The van der Waals surface area contributed by atoms with Crippen molar-refractivity contribution in [3.63, 3.8) is 0 Å². The second-order valence-electron chi connectivity index (χ2n) is 5.53. The molecule has 1 rings (SSSR count). The van der Waals surface area contributed by atoms with Crippen molar-refractivity contribution in [2.45, 2.75) is 52.1 Å². The highest BCUT2D eigenvalue weighted by molar-refractivity contribution is 5.68. The number of carbonyl (C=O) groups excluding carboxylic acids is 1. The summed E-state index contributed by atoms with van der Waals surface area (Å²) in [6.07, 6.45) is 5.08. The molecule has 0 aromatic carbocycles. The van der Waals surface area contributed by atoms with Gasteiger partial charge in [-0.05, 0) is 40.0 Å². The molecule has 4 heteroatoms. The quantitative estimate of drug-likeness (QED) is 0.558. The summed E-state index contributed by atoms with van der Waals surface area (Å²) in [5, 5.41) is 8.47. The molecule has 1 amide bonds. The molecule has 1 aliphatic rings. The number of rotatable bonds is 2. The van der Waals surface area contributed by atoms with Gasteiger partial charge in [0, 0.05) is 19.5 Å². The van der Waals surface area contributed by atoms with E-state index in [1.165, 1.54) is 5.57 Å². The Morgan fingerprint density at radius 2 is 2.06 bits per heavy atom. The molecule has 0 aromatic rings. The van der Waals surface area contributed by atoms with Crippen LogP contribution in [0.1, 0.15) is 46.5 Å². The monoisotopic (exact) mass is 250 g/mol. The van der Waals surface area contributed by atoms with E-state index < -0.39 is 5.60 Å². The molecule has 0 unspecified atom stereocenters. The molecule has 0 bridgehead atoms. The molecule has 0 spiro atoms. The first-order valence-electron chi connectivity index (χ1n) is 6.45. The minimum atomic E-state index is -0.431. The highest BCUT2D eigenvalue weighted by Gasteiger charge is 2.24. The van der Waals surface area contributed by atoms with Crippen LogP contribution in [-0.4, -0.2) is 29.7 Å². The minimum Gasteiger partial charge on any atom is -0.444 e. The third-order valence-electron chi connectivity index (χ3n) is 2.75. The number of carbonyl (C=O) groups is 1. The van der Waals surface area contributed by atoms with E-state index in [0.717, 1.165) is 19.3 Å². The molecule has 18 heavy (non-hydrogen) atoms. The van der Waals surface area contributed by atoms with E-state index in [-0.39, 0.29) is 6.09 Å². The molecule has 1 heterocycles. The largest absolute Gasteiger partial charge is 0.444 e. The molecule has 1 fully saturated rings. The van der Waals surface area contributed by atoms with Crippen LogP contribution in [0.4, 0.5) is 4.79 Å². The zero-order valence-electron chi connectivity index (χ0n) is 11.5. The minimum absolute atomic E-state index is 0.224. The Morgan fingerprint density at radius 3 is 2.56 bits per heavy atom. The molecular weight excluding hydrogens is 228 g/mol. The number of amides is 1. The van der Waals surface area contributed by atoms with Gasteiger partial charge in [0.05, 0.1) is 6.07 Å². The fourth-order valence-electron chi connectivity index (χ4n) is 1.85. The first kappa shape index (κ1) is 14.6. The summed E-state index contributed by atoms with van der Waals surface area (Å²) in [7, 11) is 0. The van der Waals surface area contributed by atoms with E-state index in [0.29, 0.717) is 19.5 Å². The number of hydrogen-bond acceptors (Lipinski definition) is 3. The second-order valence-corrected chi connectivity index (χ2v) is 5.53. The lowest BCUT2D eigenvalue weighted by molar-refractivity contribution is 0.0236. The smallest absolute Gasteiger partial charge is 0.410 e. The maximum atomic E-state index is 11.8. The Kier molecular flexibility index (Phi) is 5.21. The number of nitrogens with zero attached hydrogens (tertiary/aromatic N) is 2. The molecule has 1 aliphatic heterocycles. The van der Waals surface area contributed by atoms with Crippen LogP contribution < -0.4 is 0 Å². The maximum absolute atomic E-state index is 11.8. The van der Waals surface area contributed by atoms with Crippen LogP contribution in [-0.2, 0) is 4.74 Å².